The molecule has 2 nitrogen and oxygen atoms in total. The minimum absolute atomic E-state index is 0.0395. The Labute approximate surface area is 121 Å². The molecule has 0 aliphatic heterocycles. The number of furan rings is 1. The molecule has 0 spiro atoms. The molecule has 20 heavy (non-hydrogen) atoms. The molecule has 0 radical (unpaired) electrons. The van der Waals surface area contributed by atoms with Gasteiger partial charge in [-0.05, 0) is 55.7 Å². The Balaban J connectivity index is 1.83. The Bertz CT molecular complexity index is 600. The van der Waals surface area contributed by atoms with Crippen molar-refractivity contribution in [2.45, 2.75) is 46.1 Å². The van der Waals surface area contributed by atoms with Crippen molar-refractivity contribution in [2.75, 3.05) is 0 Å². The van der Waals surface area contributed by atoms with Crippen molar-refractivity contribution in [3.05, 3.63) is 35.6 Å². The molecule has 1 aliphatic rings. The van der Waals surface area contributed by atoms with Crippen LogP contribution in [0.4, 0.5) is 0 Å². The lowest BCUT2D eigenvalue weighted by atomic mass is 9.73. The van der Waals surface area contributed by atoms with Gasteiger partial charge >= 0.3 is 0 Å². The summed E-state index contributed by atoms with van der Waals surface area (Å²) in [5, 5.41) is 1.17. The summed E-state index contributed by atoms with van der Waals surface area (Å²) in [6.45, 7) is 6.82. The van der Waals surface area contributed by atoms with E-state index >= 15 is 0 Å². The van der Waals surface area contributed by atoms with Gasteiger partial charge in [-0.3, -0.25) is 0 Å². The van der Waals surface area contributed by atoms with Gasteiger partial charge in [0.25, 0.3) is 0 Å². The molecule has 2 N–H and O–H groups in total. The minimum atomic E-state index is 0.0395. The van der Waals surface area contributed by atoms with Crippen LogP contribution in [0.2, 0.25) is 0 Å². The predicted molar refractivity (Wildman–Crippen MR) is 83.5 cm³/mol. The number of hydrogen-bond donors (Lipinski definition) is 1. The van der Waals surface area contributed by atoms with Crippen LogP contribution in [0.3, 0.4) is 0 Å². The zero-order chi connectivity index (χ0) is 14.3. The maximum Gasteiger partial charge on any atom is 0.134 e. The summed E-state index contributed by atoms with van der Waals surface area (Å²) in [5.41, 5.74) is 8.70. The zero-order valence-corrected chi connectivity index (χ0v) is 12.7. The summed E-state index contributed by atoms with van der Waals surface area (Å²) in [6.07, 6.45) is 3.74. The predicted octanol–water partition coefficient (Wildman–Crippen LogP) is 4.81. The lowest BCUT2D eigenvalue weighted by Gasteiger charge is -2.34. The molecule has 4 atom stereocenters. The summed E-state index contributed by atoms with van der Waals surface area (Å²) in [5.74, 6) is 3.11. The van der Waals surface area contributed by atoms with Gasteiger partial charge in [0.2, 0.25) is 0 Å². The van der Waals surface area contributed by atoms with Crippen LogP contribution in [0.15, 0.2) is 28.7 Å². The highest BCUT2D eigenvalue weighted by Crippen LogP contribution is 2.39. The average molecular weight is 271 g/mol. The van der Waals surface area contributed by atoms with Crippen LogP contribution in [0.1, 0.15) is 50.5 Å². The number of rotatable bonds is 2. The number of benzene rings is 1. The summed E-state index contributed by atoms with van der Waals surface area (Å²) in [6, 6.07) is 8.48. The highest BCUT2D eigenvalue weighted by molar-refractivity contribution is 5.78. The molecule has 2 aromatic rings. The first-order chi connectivity index (χ1) is 9.54. The van der Waals surface area contributed by atoms with Crippen LogP contribution in [0, 0.1) is 24.7 Å². The monoisotopic (exact) mass is 271 g/mol. The molecule has 3 rings (SSSR count). The molecule has 0 amide bonds. The van der Waals surface area contributed by atoms with Crippen LogP contribution < -0.4 is 5.73 Å². The SMILES string of the molecule is Cc1ccc2oc(C(N)C3CCC(C)C(C)C3)cc2c1. The lowest BCUT2D eigenvalue weighted by Crippen LogP contribution is -2.29. The van der Waals surface area contributed by atoms with E-state index in [4.69, 9.17) is 10.2 Å². The van der Waals surface area contributed by atoms with Crippen molar-refractivity contribution in [1.82, 2.24) is 0 Å². The Morgan fingerprint density at radius 1 is 1.15 bits per heavy atom. The number of fused-ring (bicyclic) bond motifs is 1. The summed E-state index contributed by atoms with van der Waals surface area (Å²) in [7, 11) is 0. The van der Waals surface area contributed by atoms with E-state index in [1.165, 1.54) is 30.2 Å². The van der Waals surface area contributed by atoms with Gasteiger partial charge in [0.1, 0.15) is 11.3 Å². The van der Waals surface area contributed by atoms with Gasteiger partial charge in [-0.15, -0.1) is 0 Å². The maximum absolute atomic E-state index is 6.49. The van der Waals surface area contributed by atoms with Crippen LogP contribution in [-0.4, -0.2) is 0 Å². The van der Waals surface area contributed by atoms with E-state index in [0.717, 1.165) is 23.2 Å². The van der Waals surface area contributed by atoms with Gasteiger partial charge in [0.05, 0.1) is 6.04 Å². The molecule has 1 aromatic heterocycles. The second-order valence-corrected chi connectivity index (χ2v) is 6.74. The molecular weight excluding hydrogens is 246 g/mol. The van der Waals surface area contributed by atoms with Crippen molar-refractivity contribution < 1.29 is 4.42 Å². The number of nitrogens with two attached hydrogens (primary N) is 1. The molecule has 1 fully saturated rings. The largest absolute Gasteiger partial charge is 0.459 e. The van der Waals surface area contributed by atoms with Gasteiger partial charge in [-0.25, -0.2) is 0 Å². The molecule has 0 saturated heterocycles. The summed E-state index contributed by atoms with van der Waals surface area (Å²) >= 11 is 0. The molecule has 1 heterocycles. The Morgan fingerprint density at radius 2 is 1.95 bits per heavy atom. The van der Waals surface area contributed by atoms with Crippen LogP contribution >= 0.6 is 0 Å². The Morgan fingerprint density at radius 3 is 2.70 bits per heavy atom. The first-order valence-electron chi connectivity index (χ1n) is 7.80. The quantitative estimate of drug-likeness (QED) is 0.851. The third kappa shape index (κ3) is 2.49. The number of aryl methyl sites for hydroxylation is 1. The minimum Gasteiger partial charge on any atom is -0.459 e. The average Bonchev–Trinajstić information content (AvgIpc) is 2.84. The van der Waals surface area contributed by atoms with Gasteiger partial charge in [0.15, 0.2) is 0 Å². The molecule has 1 aromatic carbocycles. The van der Waals surface area contributed by atoms with Crippen LogP contribution in [-0.2, 0) is 0 Å². The first-order valence-corrected chi connectivity index (χ1v) is 7.80. The molecule has 1 saturated carbocycles. The van der Waals surface area contributed by atoms with Gasteiger partial charge in [-0.1, -0.05) is 31.9 Å². The van der Waals surface area contributed by atoms with E-state index in [0.29, 0.717) is 5.92 Å². The molecule has 1 aliphatic carbocycles. The summed E-state index contributed by atoms with van der Waals surface area (Å²) in [4.78, 5) is 0. The zero-order valence-electron chi connectivity index (χ0n) is 12.7. The van der Waals surface area contributed by atoms with Crippen LogP contribution in [0.5, 0.6) is 0 Å². The van der Waals surface area contributed by atoms with Crippen molar-refractivity contribution in [3.63, 3.8) is 0 Å². The molecular formula is C18H25NO. The second-order valence-electron chi connectivity index (χ2n) is 6.74. The normalized spacial score (nSPS) is 28.7. The topological polar surface area (TPSA) is 39.2 Å². The van der Waals surface area contributed by atoms with Crippen molar-refractivity contribution in [1.29, 1.82) is 0 Å². The summed E-state index contributed by atoms with van der Waals surface area (Å²) < 4.78 is 5.98. The van der Waals surface area contributed by atoms with Crippen molar-refractivity contribution in [2.24, 2.45) is 23.5 Å². The highest BCUT2D eigenvalue weighted by Gasteiger charge is 2.30. The fraction of sp³-hybridized carbons (Fsp3) is 0.556. The molecule has 108 valence electrons. The van der Waals surface area contributed by atoms with E-state index < -0.39 is 0 Å². The maximum atomic E-state index is 6.49. The fourth-order valence-corrected chi connectivity index (χ4v) is 3.50. The van der Waals surface area contributed by atoms with Gasteiger partial charge < -0.3 is 10.2 Å². The molecule has 0 bridgehead atoms. The van der Waals surface area contributed by atoms with E-state index in [9.17, 15) is 0 Å². The van der Waals surface area contributed by atoms with E-state index in [-0.39, 0.29) is 6.04 Å². The number of hydrogen-bond acceptors (Lipinski definition) is 2. The molecule has 2 heteroatoms. The van der Waals surface area contributed by atoms with Gasteiger partial charge in [-0.2, -0.15) is 0 Å². The Kier molecular flexibility index (Phi) is 3.59. The van der Waals surface area contributed by atoms with E-state index in [2.05, 4.69) is 39.0 Å². The Hall–Kier alpha value is -1.28. The lowest BCUT2D eigenvalue weighted by molar-refractivity contribution is 0.178. The van der Waals surface area contributed by atoms with E-state index in [1.807, 2.05) is 6.07 Å². The van der Waals surface area contributed by atoms with Crippen molar-refractivity contribution >= 4 is 11.0 Å². The van der Waals surface area contributed by atoms with E-state index in [1.54, 1.807) is 0 Å². The fourth-order valence-electron chi connectivity index (χ4n) is 3.50. The third-order valence-electron chi connectivity index (χ3n) is 5.17. The van der Waals surface area contributed by atoms with Crippen LogP contribution in [0.25, 0.3) is 11.0 Å². The van der Waals surface area contributed by atoms with Crippen molar-refractivity contribution in [3.8, 4) is 0 Å². The van der Waals surface area contributed by atoms with Gasteiger partial charge in [0, 0.05) is 5.39 Å². The standard InChI is InChI=1S/C18H25NO/c1-11-4-7-16-15(8-11)10-17(20-16)18(19)14-6-5-12(2)13(3)9-14/h4,7-8,10,12-14,18H,5-6,9,19H2,1-3H3. The second kappa shape index (κ2) is 5.25. The highest BCUT2D eigenvalue weighted by atomic mass is 16.3. The molecule has 4 unspecified atom stereocenters. The first kappa shape index (κ1) is 13.7. The third-order valence-corrected chi connectivity index (χ3v) is 5.17. The smallest absolute Gasteiger partial charge is 0.134 e.